The number of aryl methyl sites for hydroxylation is 1. The molecule has 13 heavy (non-hydrogen) atoms. The summed E-state index contributed by atoms with van der Waals surface area (Å²) in [6.45, 7) is 5.79. The normalized spacial score (nSPS) is 9.08. The maximum Gasteiger partial charge on any atom is 0.137 e. The molecule has 74 valence electrons. The first-order chi connectivity index (χ1) is 6.15. The van der Waals surface area contributed by atoms with E-state index in [1.54, 1.807) is 13.0 Å². The van der Waals surface area contributed by atoms with Crippen LogP contribution < -0.4 is 0 Å². The first kappa shape index (κ1) is 12.8. The predicted molar refractivity (Wildman–Crippen MR) is 59.3 cm³/mol. The van der Waals surface area contributed by atoms with E-state index in [9.17, 15) is 4.39 Å². The highest BCUT2D eigenvalue weighted by molar-refractivity contribution is 7.98. The Labute approximate surface area is 88.5 Å². The summed E-state index contributed by atoms with van der Waals surface area (Å²) in [6.07, 6.45) is 1.82. The van der Waals surface area contributed by atoms with Gasteiger partial charge in [0.25, 0.3) is 0 Å². The van der Waals surface area contributed by atoms with Gasteiger partial charge in [0.2, 0.25) is 0 Å². The second kappa shape index (κ2) is 6.28. The van der Waals surface area contributed by atoms with Crippen LogP contribution in [-0.2, 0) is 0 Å². The molecule has 0 amide bonds. The van der Waals surface area contributed by atoms with Gasteiger partial charge in [-0.25, -0.2) is 4.39 Å². The highest BCUT2D eigenvalue weighted by Gasteiger charge is 2.03. The number of hydrogen-bond donors (Lipinski definition) is 0. The third-order valence-corrected chi connectivity index (χ3v) is 2.59. The van der Waals surface area contributed by atoms with Crippen LogP contribution in [0, 0.1) is 12.7 Å². The molecule has 0 radical (unpaired) electrons. The van der Waals surface area contributed by atoms with E-state index in [2.05, 4.69) is 0 Å². The molecule has 0 aromatic heterocycles. The van der Waals surface area contributed by atoms with Gasteiger partial charge < -0.3 is 0 Å². The molecule has 0 aliphatic rings. The van der Waals surface area contributed by atoms with E-state index < -0.39 is 0 Å². The highest BCUT2D eigenvalue weighted by Crippen LogP contribution is 2.25. The summed E-state index contributed by atoms with van der Waals surface area (Å²) in [5, 5.41) is 0.621. The quantitative estimate of drug-likeness (QED) is 0.627. The molecule has 0 bridgehead atoms. The zero-order valence-corrected chi connectivity index (χ0v) is 9.89. The third-order valence-electron chi connectivity index (χ3n) is 1.43. The first-order valence-electron chi connectivity index (χ1n) is 4.15. The summed E-state index contributed by atoms with van der Waals surface area (Å²) < 4.78 is 13.0. The number of thioether (sulfide) groups is 1. The second-order valence-corrected chi connectivity index (χ2v) is 3.49. The molecule has 0 saturated heterocycles. The Balaban J connectivity index is 0.000000671. The van der Waals surface area contributed by atoms with Crippen molar-refractivity contribution < 1.29 is 4.39 Å². The lowest BCUT2D eigenvalue weighted by Crippen LogP contribution is -1.83. The minimum atomic E-state index is -0.195. The summed E-state index contributed by atoms with van der Waals surface area (Å²) in [7, 11) is 0. The molecule has 0 aliphatic carbocycles. The SMILES string of the molecule is CC.CSc1cc(Cl)c(C)cc1F. The topological polar surface area (TPSA) is 0 Å². The van der Waals surface area contributed by atoms with Crippen molar-refractivity contribution in [3.8, 4) is 0 Å². The summed E-state index contributed by atoms with van der Waals surface area (Å²) in [5.41, 5.74) is 0.780. The van der Waals surface area contributed by atoms with Crippen molar-refractivity contribution in [3.63, 3.8) is 0 Å². The van der Waals surface area contributed by atoms with Crippen LogP contribution in [0.4, 0.5) is 4.39 Å². The summed E-state index contributed by atoms with van der Waals surface area (Å²) in [4.78, 5) is 0.598. The summed E-state index contributed by atoms with van der Waals surface area (Å²) in [6, 6.07) is 3.10. The Kier molecular flexibility index (Phi) is 6.17. The highest BCUT2D eigenvalue weighted by atomic mass is 35.5. The molecule has 0 atom stereocenters. The van der Waals surface area contributed by atoms with Crippen LogP contribution in [0.5, 0.6) is 0 Å². The molecule has 0 unspecified atom stereocenters. The van der Waals surface area contributed by atoms with E-state index in [0.717, 1.165) is 5.56 Å². The zero-order valence-electron chi connectivity index (χ0n) is 8.32. The second-order valence-electron chi connectivity index (χ2n) is 2.24. The smallest absolute Gasteiger partial charge is 0.137 e. The molecule has 0 spiro atoms. The average Bonchev–Trinajstić information content (AvgIpc) is 2.15. The van der Waals surface area contributed by atoms with Crippen LogP contribution in [0.25, 0.3) is 0 Å². The number of benzene rings is 1. The van der Waals surface area contributed by atoms with E-state index in [1.807, 2.05) is 20.1 Å². The van der Waals surface area contributed by atoms with Gasteiger partial charge in [-0.05, 0) is 30.9 Å². The van der Waals surface area contributed by atoms with Crippen LogP contribution >= 0.6 is 23.4 Å². The molecule has 1 rings (SSSR count). The molecule has 1 aromatic carbocycles. The van der Waals surface area contributed by atoms with Crippen molar-refractivity contribution >= 4 is 23.4 Å². The fourth-order valence-corrected chi connectivity index (χ4v) is 1.50. The van der Waals surface area contributed by atoms with Crippen molar-refractivity contribution in [3.05, 3.63) is 28.5 Å². The lowest BCUT2D eigenvalue weighted by Gasteiger charge is -2.01. The monoisotopic (exact) mass is 220 g/mol. The van der Waals surface area contributed by atoms with Gasteiger partial charge >= 0.3 is 0 Å². The molecule has 0 saturated carbocycles. The first-order valence-corrected chi connectivity index (χ1v) is 5.75. The largest absolute Gasteiger partial charge is 0.206 e. The number of halogens is 2. The maximum absolute atomic E-state index is 13.0. The van der Waals surface area contributed by atoms with Crippen LogP contribution in [0.2, 0.25) is 5.02 Å². The van der Waals surface area contributed by atoms with Gasteiger partial charge in [0.15, 0.2) is 0 Å². The fraction of sp³-hybridized carbons (Fsp3) is 0.400. The van der Waals surface area contributed by atoms with E-state index in [-0.39, 0.29) is 5.82 Å². The van der Waals surface area contributed by atoms with Gasteiger partial charge in [-0.3, -0.25) is 0 Å². The molecule has 1 aromatic rings. The van der Waals surface area contributed by atoms with Gasteiger partial charge in [-0.2, -0.15) is 0 Å². The molecule has 0 nitrogen and oxygen atoms in total. The minimum Gasteiger partial charge on any atom is -0.206 e. The van der Waals surface area contributed by atoms with E-state index in [0.29, 0.717) is 9.92 Å². The van der Waals surface area contributed by atoms with Gasteiger partial charge in [-0.1, -0.05) is 25.4 Å². The van der Waals surface area contributed by atoms with E-state index in [4.69, 9.17) is 11.6 Å². The van der Waals surface area contributed by atoms with E-state index >= 15 is 0 Å². The van der Waals surface area contributed by atoms with E-state index in [1.165, 1.54) is 17.8 Å². The average molecular weight is 221 g/mol. The summed E-state index contributed by atoms with van der Waals surface area (Å²) >= 11 is 7.14. The molecule has 0 heterocycles. The van der Waals surface area contributed by atoms with Crippen LogP contribution in [0.1, 0.15) is 19.4 Å². The Hall–Kier alpha value is -0.210. The van der Waals surface area contributed by atoms with Crippen LogP contribution in [0.15, 0.2) is 17.0 Å². The Morgan fingerprint density at radius 2 is 1.85 bits per heavy atom. The van der Waals surface area contributed by atoms with Gasteiger partial charge in [0.1, 0.15) is 5.82 Å². The van der Waals surface area contributed by atoms with Gasteiger partial charge in [-0.15, -0.1) is 11.8 Å². The minimum absolute atomic E-state index is 0.195. The van der Waals surface area contributed by atoms with Gasteiger partial charge in [0.05, 0.1) is 0 Å². The number of rotatable bonds is 1. The third kappa shape index (κ3) is 3.57. The lowest BCUT2D eigenvalue weighted by atomic mass is 10.2. The molecule has 0 N–H and O–H groups in total. The summed E-state index contributed by atoms with van der Waals surface area (Å²) in [5.74, 6) is -0.195. The molecular formula is C10H14ClFS. The van der Waals surface area contributed by atoms with Crippen molar-refractivity contribution in [1.82, 2.24) is 0 Å². The van der Waals surface area contributed by atoms with Crippen molar-refractivity contribution in [1.29, 1.82) is 0 Å². The fourth-order valence-electron chi connectivity index (χ4n) is 0.784. The zero-order chi connectivity index (χ0) is 10.4. The standard InChI is InChI=1S/C8H8ClFS.C2H6/c1-5-3-7(10)8(11-2)4-6(5)9;1-2/h3-4H,1-2H3;1-2H3. The molecule has 0 fully saturated rings. The van der Waals surface area contributed by atoms with Crippen molar-refractivity contribution in [2.45, 2.75) is 25.7 Å². The van der Waals surface area contributed by atoms with Crippen molar-refractivity contribution in [2.75, 3.05) is 6.26 Å². The Morgan fingerprint density at radius 3 is 2.31 bits per heavy atom. The predicted octanol–water partition coefficient (Wildman–Crippen LogP) is 4.54. The van der Waals surface area contributed by atoms with Gasteiger partial charge in [0, 0.05) is 9.92 Å². The molecular weight excluding hydrogens is 207 g/mol. The van der Waals surface area contributed by atoms with Crippen LogP contribution in [0.3, 0.4) is 0 Å². The molecule has 0 aliphatic heterocycles. The lowest BCUT2D eigenvalue weighted by molar-refractivity contribution is 0.601. The van der Waals surface area contributed by atoms with Crippen LogP contribution in [-0.4, -0.2) is 6.26 Å². The Morgan fingerprint density at radius 1 is 1.31 bits per heavy atom. The molecule has 3 heteroatoms. The van der Waals surface area contributed by atoms with Crippen molar-refractivity contribution in [2.24, 2.45) is 0 Å². The maximum atomic E-state index is 13.0. The Bertz CT molecular complexity index is 274. The number of hydrogen-bond acceptors (Lipinski definition) is 1.